The number of aliphatic hydroxyl groups excluding tert-OH is 1. The molecule has 4 nitrogen and oxygen atoms in total. The van der Waals surface area contributed by atoms with Crippen molar-refractivity contribution in [2.45, 2.75) is 58.2 Å². The van der Waals surface area contributed by atoms with Gasteiger partial charge in [-0.25, -0.2) is 0 Å². The van der Waals surface area contributed by atoms with Crippen molar-refractivity contribution in [3.63, 3.8) is 0 Å². The average molecular weight is 251 g/mol. The molecular formula is C14H25N3O. The molecule has 4 heteroatoms. The van der Waals surface area contributed by atoms with E-state index in [0.29, 0.717) is 24.6 Å². The summed E-state index contributed by atoms with van der Waals surface area (Å²) in [6.07, 6.45) is 6.71. The lowest BCUT2D eigenvalue weighted by molar-refractivity contribution is 0.205. The molecule has 0 amide bonds. The molecule has 2 rings (SSSR count). The fraction of sp³-hybridized carbons (Fsp3) is 0.786. The largest absolute Gasteiger partial charge is 0.396 e. The third-order valence-corrected chi connectivity index (χ3v) is 4.14. The van der Waals surface area contributed by atoms with Crippen LogP contribution < -0.4 is 5.32 Å². The van der Waals surface area contributed by atoms with Crippen molar-refractivity contribution in [2.75, 3.05) is 6.61 Å². The van der Waals surface area contributed by atoms with Gasteiger partial charge in [-0.3, -0.25) is 4.68 Å². The van der Waals surface area contributed by atoms with Gasteiger partial charge >= 0.3 is 0 Å². The van der Waals surface area contributed by atoms with Gasteiger partial charge in [0.05, 0.1) is 5.69 Å². The molecule has 3 unspecified atom stereocenters. The van der Waals surface area contributed by atoms with E-state index in [4.69, 9.17) is 0 Å². The molecule has 3 atom stereocenters. The minimum absolute atomic E-state index is 0.305. The molecule has 1 saturated carbocycles. The average Bonchev–Trinajstić information content (AvgIpc) is 3.03. The number of aromatic nitrogens is 2. The highest BCUT2D eigenvalue weighted by Crippen LogP contribution is 2.25. The Morgan fingerprint density at radius 2 is 2.39 bits per heavy atom. The van der Waals surface area contributed by atoms with Gasteiger partial charge in [0.2, 0.25) is 0 Å². The van der Waals surface area contributed by atoms with E-state index in [1.165, 1.54) is 12.8 Å². The van der Waals surface area contributed by atoms with E-state index in [1.54, 1.807) is 0 Å². The number of rotatable bonds is 6. The summed E-state index contributed by atoms with van der Waals surface area (Å²) in [5.41, 5.74) is 1.10. The van der Waals surface area contributed by atoms with E-state index >= 15 is 0 Å². The number of hydrogen-bond acceptors (Lipinski definition) is 3. The lowest BCUT2D eigenvalue weighted by Crippen LogP contribution is -2.33. The molecule has 1 heterocycles. The van der Waals surface area contributed by atoms with Gasteiger partial charge in [0.1, 0.15) is 0 Å². The van der Waals surface area contributed by atoms with Crippen LogP contribution in [0.25, 0.3) is 0 Å². The van der Waals surface area contributed by atoms with Crippen LogP contribution in [0.5, 0.6) is 0 Å². The first kappa shape index (κ1) is 13.6. The molecule has 1 aromatic rings. The highest BCUT2D eigenvalue weighted by atomic mass is 16.3. The molecule has 0 aliphatic heterocycles. The number of hydrogen-bond donors (Lipinski definition) is 2. The zero-order chi connectivity index (χ0) is 13.0. The van der Waals surface area contributed by atoms with Crippen molar-refractivity contribution in [2.24, 2.45) is 5.92 Å². The summed E-state index contributed by atoms with van der Waals surface area (Å²) in [6.45, 7) is 5.47. The van der Waals surface area contributed by atoms with Crippen LogP contribution in [0, 0.1) is 5.92 Å². The first-order valence-corrected chi connectivity index (χ1v) is 7.12. The van der Waals surface area contributed by atoms with Crippen molar-refractivity contribution in [1.29, 1.82) is 0 Å². The van der Waals surface area contributed by atoms with Crippen molar-refractivity contribution in [1.82, 2.24) is 15.1 Å². The number of aliphatic hydroxyl groups is 1. The van der Waals surface area contributed by atoms with Crippen LogP contribution in [0.15, 0.2) is 12.3 Å². The van der Waals surface area contributed by atoms with Gasteiger partial charge in [-0.2, -0.15) is 5.10 Å². The minimum Gasteiger partial charge on any atom is -0.396 e. The van der Waals surface area contributed by atoms with E-state index in [-0.39, 0.29) is 0 Å². The molecule has 1 aliphatic rings. The van der Waals surface area contributed by atoms with E-state index in [2.05, 4.69) is 36.5 Å². The highest BCUT2D eigenvalue weighted by molar-refractivity contribution is 5.00. The Balaban J connectivity index is 1.84. The zero-order valence-corrected chi connectivity index (χ0v) is 11.5. The van der Waals surface area contributed by atoms with Crippen LogP contribution in [0.2, 0.25) is 0 Å². The fourth-order valence-electron chi connectivity index (χ4n) is 2.66. The molecule has 102 valence electrons. The van der Waals surface area contributed by atoms with E-state index in [0.717, 1.165) is 25.1 Å². The second kappa shape index (κ2) is 6.34. The summed E-state index contributed by atoms with van der Waals surface area (Å²) < 4.78 is 2.04. The van der Waals surface area contributed by atoms with Gasteiger partial charge in [0.15, 0.2) is 0 Å². The van der Waals surface area contributed by atoms with Crippen LogP contribution in [0.4, 0.5) is 0 Å². The smallest absolute Gasteiger partial charge is 0.0762 e. The predicted octanol–water partition coefficient (Wildman–Crippen LogP) is 2.10. The number of nitrogens with one attached hydrogen (secondary N) is 1. The first-order valence-electron chi connectivity index (χ1n) is 7.12. The fourth-order valence-corrected chi connectivity index (χ4v) is 2.66. The maximum absolute atomic E-state index is 9.28. The molecule has 18 heavy (non-hydrogen) atoms. The Kier molecular flexibility index (Phi) is 4.78. The maximum Gasteiger partial charge on any atom is 0.0762 e. The van der Waals surface area contributed by atoms with Crippen LogP contribution in [0.1, 0.15) is 51.3 Å². The van der Waals surface area contributed by atoms with Crippen LogP contribution >= 0.6 is 0 Å². The summed E-state index contributed by atoms with van der Waals surface area (Å²) in [7, 11) is 0. The van der Waals surface area contributed by atoms with Crippen molar-refractivity contribution in [3.05, 3.63) is 18.0 Å². The van der Waals surface area contributed by atoms with Crippen molar-refractivity contribution in [3.8, 4) is 0 Å². The third-order valence-electron chi connectivity index (χ3n) is 4.14. The molecule has 0 saturated heterocycles. The normalized spacial score (nSPS) is 25.5. The Morgan fingerprint density at radius 3 is 3.11 bits per heavy atom. The summed E-state index contributed by atoms with van der Waals surface area (Å²) in [5, 5.41) is 17.4. The minimum atomic E-state index is 0.305. The predicted molar refractivity (Wildman–Crippen MR) is 72.3 cm³/mol. The Morgan fingerprint density at radius 1 is 1.56 bits per heavy atom. The molecule has 0 aromatic carbocycles. The highest BCUT2D eigenvalue weighted by Gasteiger charge is 2.25. The van der Waals surface area contributed by atoms with Crippen LogP contribution in [-0.2, 0) is 6.54 Å². The lowest BCUT2D eigenvalue weighted by Gasteiger charge is -2.18. The van der Waals surface area contributed by atoms with E-state index in [1.807, 2.05) is 4.68 Å². The quantitative estimate of drug-likeness (QED) is 0.814. The Hall–Kier alpha value is -0.870. The Bertz CT molecular complexity index is 364. The van der Waals surface area contributed by atoms with Crippen molar-refractivity contribution >= 4 is 0 Å². The zero-order valence-electron chi connectivity index (χ0n) is 11.5. The molecule has 0 bridgehead atoms. The van der Waals surface area contributed by atoms with Gasteiger partial charge < -0.3 is 10.4 Å². The summed E-state index contributed by atoms with van der Waals surface area (Å²) in [6, 6.07) is 3.02. The van der Waals surface area contributed by atoms with Gasteiger partial charge in [-0.05, 0) is 38.2 Å². The van der Waals surface area contributed by atoms with E-state index < -0.39 is 0 Å². The Labute approximate surface area is 109 Å². The van der Waals surface area contributed by atoms with Crippen molar-refractivity contribution < 1.29 is 5.11 Å². The second-order valence-corrected chi connectivity index (χ2v) is 5.41. The van der Waals surface area contributed by atoms with Crippen LogP contribution in [-0.4, -0.2) is 27.5 Å². The monoisotopic (exact) mass is 251 g/mol. The maximum atomic E-state index is 9.28. The summed E-state index contributed by atoms with van der Waals surface area (Å²) >= 11 is 0. The SMILES string of the molecule is CCC(C)n1ccc(CNC2CCCC2CO)n1. The molecular weight excluding hydrogens is 226 g/mol. The molecule has 1 aliphatic carbocycles. The standard InChI is InChI=1S/C14H25N3O/c1-3-11(2)17-8-7-13(16-17)9-15-14-6-4-5-12(14)10-18/h7-8,11-12,14-15,18H,3-6,9-10H2,1-2H3. The van der Waals surface area contributed by atoms with Crippen LogP contribution in [0.3, 0.4) is 0 Å². The molecule has 0 radical (unpaired) electrons. The van der Waals surface area contributed by atoms with E-state index in [9.17, 15) is 5.11 Å². The summed E-state index contributed by atoms with van der Waals surface area (Å²) in [5.74, 6) is 0.432. The third kappa shape index (κ3) is 3.12. The van der Waals surface area contributed by atoms with Gasteiger partial charge in [-0.1, -0.05) is 13.3 Å². The first-order chi connectivity index (χ1) is 8.74. The van der Waals surface area contributed by atoms with Gasteiger partial charge in [0, 0.05) is 31.4 Å². The summed E-state index contributed by atoms with van der Waals surface area (Å²) in [4.78, 5) is 0. The molecule has 1 fully saturated rings. The lowest BCUT2D eigenvalue weighted by atomic mass is 10.1. The van der Waals surface area contributed by atoms with Gasteiger partial charge in [0.25, 0.3) is 0 Å². The molecule has 1 aromatic heterocycles. The number of nitrogens with zero attached hydrogens (tertiary/aromatic N) is 2. The van der Waals surface area contributed by atoms with Gasteiger partial charge in [-0.15, -0.1) is 0 Å². The second-order valence-electron chi connectivity index (χ2n) is 5.41. The molecule has 0 spiro atoms. The topological polar surface area (TPSA) is 50.1 Å². The molecule has 2 N–H and O–H groups in total.